The summed E-state index contributed by atoms with van der Waals surface area (Å²) >= 11 is 0. The maximum absolute atomic E-state index is 12.9. The number of benzene rings is 3. The number of nitrogens with zero attached hydrogens (tertiary/aromatic N) is 1. The number of nitrogens with one attached hydrogen (secondary N) is 2. The summed E-state index contributed by atoms with van der Waals surface area (Å²) < 4.78 is 41.3. The third-order valence-corrected chi connectivity index (χ3v) is 6.34. The number of nitrogens with two attached hydrogens (primary N) is 1. The summed E-state index contributed by atoms with van der Waals surface area (Å²) in [7, 11) is -3.46. The smallest absolute Gasteiger partial charge is 0.382 e. The topological polar surface area (TPSA) is 230 Å². The van der Waals surface area contributed by atoms with Crippen molar-refractivity contribution in [3.8, 4) is 22.6 Å². The maximum Gasteiger partial charge on any atom is 0.382 e. The lowest BCUT2D eigenvalue weighted by Crippen LogP contribution is -2.32. The molecular weight excluding hydrogens is 588 g/mol. The van der Waals surface area contributed by atoms with E-state index in [-0.39, 0.29) is 12.2 Å². The Kier molecular flexibility index (Phi) is 8.73. The van der Waals surface area contributed by atoms with Crippen molar-refractivity contribution in [3.05, 3.63) is 106 Å². The molecule has 43 heavy (non-hydrogen) atoms. The first-order valence-electron chi connectivity index (χ1n) is 12.0. The predicted octanol–water partition coefficient (Wildman–Crippen LogP) is 3.11. The second-order valence-electron chi connectivity index (χ2n) is 8.82. The third-order valence-electron chi connectivity index (χ3n) is 5.73. The molecule has 3 aromatic carbocycles. The van der Waals surface area contributed by atoms with E-state index in [2.05, 4.69) is 4.72 Å². The number of rotatable bonds is 10. The summed E-state index contributed by atoms with van der Waals surface area (Å²) in [5.74, 6) is 0.136. The van der Waals surface area contributed by atoms with Gasteiger partial charge in [0, 0.05) is 11.3 Å². The van der Waals surface area contributed by atoms with E-state index >= 15 is 0 Å². The average Bonchev–Trinajstić information content (AvgIpc) is 3.45. The number of aromatic hydroxyl groups is 1. The minimum Gasteiger partial charge on any atom is -0.502 e. The fourth-order valence-corrected chi connectivity index (χ4v) is 4.53. The van der Waals surface area contributed by atoms with Gasteiger partial charge in [-0.25, -0.2) is 23.8 Å². The minimum absolute atomic E-state index is 0.0784. The van der Waals surface area contributed by atoms with Gasteiger partial charge in [-0.05, 0) is 53.6 Å². The van der Waals surface area contributed by atoms with Crippen LogP contribution in [0.25, 0.3) is 11.1 Å². The normalized spacial score (nSPS) is 10.9. The van der Waals surface area contributed by atoms with E-state index in [1.54, 1.807) is 54.0 Å². The zero-order valence-electron chi connectivity index (χ0n) is 22.1. The maximum atomic E-state index is 12.9. The number of anilines is 1. The summed E-state index contributed by atoms with van der Waals surface area (Å²) in [6.45, 7) is 0.0784. The molecular formula is C27H22N4O11S. The zero-order valence-corrected chi connectivity index (χ0v) is 22.9. The molecule has 4 rings (SSSR count). The van der Waals surface area contributed by atoms with Gasteiger partial charge in [0.25, 0.3) is 5.91 Å². The molecule has 0 unspecified atom stereocenters. The third kappa shape index (κ3) is 7.13. The fraction of sp³-hybridized carbons (Fsp3) is 0.0741. The number of carbonyl (C=O) groups excluding carboxylic acids is 3. The summed E-state index contributed by atoms with van der Waals surface area (Å²) in [5, 5.41) is 21.3. The molecule has 1 heterocycles. The lowest BCUT2D eigenvalue weighted by molar-refractivity contribution is -0.386. The van der Waals surface area contributed by atoms with Gasteiger partial charge in [0.2, 0.25) is 15.8 Å². The summed E-state index contributed by atoms with van der Waals surface area (Å²) in [6, 6.07) is 16.2. The molecule has 0 spiro atoms. The minimum atomic E-state index is -3.46. The quantitative estimate of drug-likeness (QED) is 0.0507. The van der Waals surface area contributed by atoms with Crippen LogP contribution in [0.15, 0.2) is 77.4 Å². The van der Waals surface area contributed by atoms with Crippen LogP contribution in [-0.2, 0) is 21.4 Å². The molecule has 222 valence electrons. The highest BCUT2D eigenvalue weighted by Gasteiger charge is 2.33. The van der Waals surface area contributed by atoms with E-state index in [1.165, 1.54) is 12.3 Å². The summed E-state index contributed by atoms with van der Waals surface area (Å²) in [4.78, 5) is 48.3. The lowest BCUT2D eigenvalue weighted by atomic mass is 10.0. The zero-order chi connectivity index (χ0) is 31.3. The number of hydrogen-bond donors (Lipinski definition) is 4. The monoisotopic (exact) mass is 610 g/mol. The molecule has 0 saturated carbocycles. The Morgan fingerprint density at radius 2 is 1.79 bits per heavy atom. The number of carbonyl (C=O) groups is 3. The van der Waals surface area contributed by atoms with Crippen molar-refractivity contribution >= 4 is 39.2 Å². The molecule has 4 aromatic rings. The second-order valence-corrected chi connectivity index (χ2v) is 10.6. The van der Waals surface area contributed by atoms with Crippen molar-refractivity contribution in [2.45, 2.75) is 6.61 Å². The Balaban J connectivity index is 1.54. The Bertz CT molecular complexity index is 1850. The number of phenols is 1. The molecule has 15 nitrogen and oxygen atoms in total. The van der Waals surface area contributed by atoms with Crippen molar-refractivity contribution in [1.29, 1.82) is 0 Å². The highest BCUT2D eigenvalue weighted by Crippen LogP contribution is 2.33. The summed E-state index contributed by atoms with van der Waals surface area (Å²) in [6.07, 6.45) is 2.21. The first-order chi connectivity index (χ1) is 20.4. The number of nitro benzene ring substituents is 1. The number of ether oxygens (including phenoxy) is 2. The molecule has 0 radical (unpaired) electrons. The highest BCUT2D eigenvalue weighted by atomic mass is 32.2. The molecule has 0 aliphatic heterocycles. The predicted molar refractivity (Wildman–Crippen MR) is 150 cm³/mol. The van der Waals surface area contributed by atoms with Gasteiger partial charge in [-0.2, -0.15) is 0 Å². The number of esters is 2. The Labute approximate surface area is 243 Å². The molecule has 5 N–H and O–H groups in total. The molecule has 0 aliphatic carbocycles. The van der Waals surface area contributed by atoms with Crippen LogP contribution in [-0.4, -0.2) is 42.5 Å². The van der Waals surface area contributed by atoms with Gasteiger partial charge in [-0.1, -0.05) is 24.3 Å². The van der Waals surface area contributed by atoms with Crippen LogP contribution in [0.3, 0.4) is 0 Å². The molecule has 0 aliphatic rings. The van der Waals surface area contributed by atoms with Gasteiger partial charge in [0.15, 0.2) is 5.75 Å². The van der Waals surface area contributed by atoms with Crippen LogP contribution in [0.1, 0.15) is 36.8 Å². The standard InChI is InChI=1S/C27H22N4O11S/c1-43(38,39)30-17-6-2-4-15(12-17)14-41-18-7-3-5-16(13-18)19-10-11-40-24(19)27(35)42-26(34)20-8-9-21(32)23(31(36)37)22(20)25(33)29-28/h2-13,30,32H,14,28H2,1H3,(H,29,33). The molecule has 0 fully saturated rings. The highest BCUT2D eigenvalue weighted by molar-refractivity contribution is 7.92. The van der Waals surface area contributed by atoms with Crippen molar-refractivity contribution in [1.82, 2.24) is 5.43 Å². The van der Waals surface area contributed by atoms with Crippen LogP contribution in [0.2, 0.25) is 0 Å². The van der Waals surface area contributed by atoms with Crippen LogP contribution in [0.4, 0.5) is 11.4 Å². The van der Waals surface area contributed by atoms with Gasteiger partial charge in [-0.15, -0.1) is 0 Å². The molecule has 1 amide bonds. The van der Waals surface area contributed by atoms with Crippen LogP contribution >= 0.6 is 0 Å². The van der Waals surface area contributed by atoms with Crippen LogP contribution < -0.4 is 20.7 Å². The summed E-state index contributed by atoms with van der Waals surface area (Å²) in [5.41, 5.74) is 0.588. The number of nitro groups is 1. The van der Waals surface area contributed by atoms with Crippen molar-refractivity contribution in [3.63, 3.8) is 0 Å². The van der Waals surface area contributed by atoms with E-state index in [4.69, 9.17) is 19.7 Å². The average molecular weight is 611 g/mol. The number of furan rings is 1. The Morgan fingerprint density at radius 3 is 2.49 bits per heavy atom. The molecule has 0 saturated heterocycles. The van der Waals surface area contributed by atoms with Gasteiger partial charge < -0.3 is 19.0 Å². The van der Waals surface area contributed by atoms with E-state index in [9.17, 15) is 38.0 Å². The van der Waals surface area contributed by atoms with Crippen molar-refractivity contribution in [2.75, 3.05) is 11.0 Å². The molecule has 0 bridgehead atoms. The first-order valence-corrected chi connectivity index (χ1v) is 13.9. The van der Waals surface area contributed by atoms with E-state index in [0.717, 1.165) is 18.4 Å². The van der Waals surface area contributed by atoms with E-state index < -0.39 is 61.1 Å². The molecule has 1 aromatic heterocycles. The molecule has 16 heteroatoms. The number of hydrogen-bond acceptors (Lipinski definition) is 12. The van der Waals surface area contributed by atoms with E-state index in [0.29, 0.717) is 22.6 Å². The van der Waals surface area contributed by atoms with E-state index in [1.807, 2.05) is 0 Å². The van der Waals surface area contributed by atoms with Crippen molar-refractivity contribution in [2.24, 2.45) is 5.84 Å². The number of sulfonamides is 1. The SMILES string of the molecule is CS(=O)(=O)Nc1cccc(COc2cccc(-c3ccoc3C(=O)OC(=O)c3ccc(O)c([N+](=O)[O-])c3C(=O)NN)c2)c1. The Hall–Kier alpha value is -5.74. The van der Waals surface area contributed by atoms with Crippen LogP contribution in [0, 0.1) is 10.1 Å². The van der Waals surface area contributed by atoms with Crippen molar-refractivity contribution < 1.29 is 46.7 Å². The second kappa shape index (κ2) is 12.4. The van der Waals surface area contributed by atoms with Gasteiger partial charge in [0.1, 0.15) is 17.9 Å². The Morgan fingerprint density at radius 1 is 1.05 bits per heavy atom. The largest absolute Gasteiger partial charge is 0.502 e. The van der Waals surface area contributed by atoms with Gasteiger partial charge in [0.05, 0.1) is 23.0 Å². The fourth-order valence-electron chi connectivity index (χ4n) is 3.98. The molecule has 0 atom stereocenters. The van der Waals surface area contributed by atoms with Gasteiger partial charge in [-0.3, -0.25) is 25.1 Å². The number of nitrogen functional groups attached to an aromatic ring is 1. The lowest BCUT2D eigenvalue weighted by Gasteiger charge is -2.10. The number of phenolic OH excluding ortho intramolecular Hbond substituents is 1. The number of hydrazine groups is 1. The first kappa shape index (κ1) is 30.2. The number of amides is 1. The van der Waals surface area contributed by atoms with Crippen LogP contribution in [0.5, 0.6) is 11.5 Å². The van der Waals surface area contributed by atoms with Gasteiger partial charge >= 0.3 is 17.6 Å².